The van der Waals surface area contributed by atoms with Gasteiger partial charge in [-0.1, -0.05) is 18.2 Å². The maximum absolute atomic E-state index is 12.6. The van der Waals surface area contributed by atoms with Crippen LogP contribution in [0.25, 0.3) is 0 Å². The topological polar surface area (TPSA) is 63.2 Å². The van der Waals surface area contributed by atoms with Gasteiger partial charge in [-0.25, -0.2) is 8.42 Å². The van der Waals surface area contributed by atoms with Crippen molar-refractivity contribution in [3.63, 3.8) is 0 Å². The van der Waals surface area contributed by atoms with Gasteiger partial charge in [0.25, 0.3) is 0 Å². The Hall–Kier alpha value is -1.57. The smallest absolute Gasteiger partial charge is 0.353 e. The first-order valence-electron chi connectivity index (χ1n) is 7.32. The molecule has 128 valence electrons. The molecule has 1 aliphatic heterocycles. The van der Waals surface area contributed by atoms with Gasteiger partial charge in [0.2, 0.25) is 5.91 Å². The lowest BCUT2D eigenvalue weighted by Crippen LogP contribution is -2.40. The van der Waals surface area contributed by atoms with Gasteiger partial charge < -0.3 is 5.32 Å². The van der Waals surface area contributed by atoms with E-state index in [1.54, 1.807) is 6.07 Å². The highest BCUT2D eigenvalue weighted by molar-refractivity contribution is 7.91. The number of carbonyl (C=O) groups is 1. The van der Waals surface area contributed by atoms with Gasteiger partial charge in [0, 0.05) is 12.5 Å². The van der Waals surface area contributed by atoms with Crippen molar-refractivity contribution in [3.05, 3.63) is 35.4 Å². The molecule has 1 aromatic carbocycles. The van der Waals surface area contributed by atoms with Crippen molar-refractivity contribution >= 4 is 15.7 Å². The number of carbonyl (C=O) groups excluding carboxylic acids is 1. The molecule has 1 amide bonds. The monoisotopic (exact) mass is 349 g/mol. The Morgan fingerprint density at radius 3 is 2.48 bits per heavy atom. The summed E-state index contributed by atoms with van der Waals surface area (Å²) in [4.78, 5) is 11.8. The third-order valence-corrected chi connectivity index (χ3v) is 5.53. The number of halogens is 3. The summed E-state index contributed by atoms with van der Waals surface area (Å²) in [5.41, 5.74) is -0.283. The lowest BCUT2D eigenvalue weighted by atomic mass is 10.1. The molecule has 0 radical (unpaired) electrons. The second kappa shape index (κ2) is 6.90. The molecule has 1 N–H and O–H groups in total. The molecular formula is C15H18F3NO3S. The summed E-state index contributed by atoms with van der Waals surface area (Å²) in [5, 5.41) is 2.75. The van der Waals surface area contributed by atoms with Crippen LogP contribution < -0.4 is 5.32 Å². The largest absolute Gasteiger partial charge is 0.416 e. The van der Waals surface area contributed by atoms with Gasteiger partial charge in [-0.05, 0) is 30.9 Å². The van der Waals surface area contributed by atoms with E-state index >= 15 is 0 Å². The molecule has 2 rings (SSSR count). The number of sulfone groups is 1. The van der Waals surface area contributed by atoms with Crippen LogP contribution in [0.5, 0.6) is 0 Å². The number of hydrogen-bond donors (Lipinski definition) is 1. The molecule has 1 aromatic rings. The maximum atomic E-state index is 12.6. The van der Waals surface area contributed by atoms with E-state index in [4.69, 9.17) is 0 Å². The third-order valence-electron chi connectivity index (χ3n) is 3.81. The van der Waals surface area contributed by atoms with Gasteiger partial charge in [-0.15, -0.1) is 0 Å². The molecule has 1 aliphatic rings. The molecule has 0 atom stereocenters. The van der Waals surface area contributed by atoms with Crippen molar-refractivity contribution in [1.29, 1.82) is 0 Å². The predicted molar refractivity (Wildman–Crippen MR) is 79.6 cm³/mol. The Labute approximate surface area is 133 Å². The highest BCUT2D eigenvalue weighted by Gasteiger charge is 2.30. The summed E-state index contributed by atoms with van der Waals surface area (Å²) in [7, 11) is -2.98. The molecule has 0 aliphatic carbocycles. The zero-order valence-electron chi connectivity index (χ0n) is 12.4. The molecule has 23 heavy (non-hydrogen) atoms. The van der Waals surface area contributed by atoms with Gasteiger partial charge >= 0.3 is 6.18 Å². The van der Waals surface area contributed by atoms with Crippen LogP contribution in [-0.2, 0) is 27.2 Å². The summed E-state index contributed by atoms with van der Waals surface area (Å²) in [6.07, 6.45) is -3.34. The minimum atomic E-state index is -4.40. The van der Waals surface area contributed by atoms with Crippen LogP contribution >= 0.6 is 0 Å². The Bertz CT molecular complexity index is 657. The van der Waals surface area contributed by atoms with Crippen molar-refractivity contribution in [2.24, 2.45) is 0 Å². The summed E-state index contributed by atoms with van der Waals surface area (Å²) in [6, 6.07) is 4.73. The van der Waals surface area contributed by atoms with E-state index in [0.29, 0.717) is 18.4 Å². The Morgan fingerprint density at radius 2 is 1.87 bits per heavy atom. The normalized spacial score (nSPS) is 18.6. The number of rotatable bonds is 4. The van der Waals surface area contributed by atoms with E-state index in [1.807, 2.05) is 0 Å². The highest BCUT2D eigenvalue weighted by Crippen LogP contribution is 2.29. The van der Waals surface area contributed by atoms with E-state index in [2.05, 4.69) is 5.32 Å². The number of benzene rings is 1. The number of aryl methyl sites for hydroxylation is 1. The predicted octanol–water partition coefficient (Wildman–Crippen LogP) is 2.33. The van der Waals surface area contributed by atoms with E-state index in [9.17, 15) is 26.4 Å². The standard InChI is InChI=1S/C15H18F3NO3S/c16-15(17,18)12-3-1-2-11(10-12)4-5-14(20)19-13-6-8-23(21,22)9-7-13/h1-3,10,13H,4-9H2,(H,19,20). The van der Waals surface area contributed by atoms with Crippen LogP contribution in [0, 0.1) is 0 Å². The van der Waals surface area contributed by atoms with Gasteiger partial charge in [0.15, 0.2) is 0 Å². The van der Waals surface area contributed by atoms with Crippen LogP contribution in [0.15, 0.2) is 24.3 Å². The number of alkyl halides is 3. The molecule has 4 nitrogen and oxygen atoms in total. The van der Waals surface area contributed by atoms with Crippen LogP contribution in [0.1, 0.15) is 30.4 Å². The highest BCUT2D eigenvalue weighted by atomic mass is 32.2. The quantitative estimate of drug-likeness (QED) is 0.907. The zero-order chi connectivity index (χ0) is 17.1. The van der Waals surface area contributed by atoms with E-state index in [1.165, 1.54) is 6.07 Å². The molecule has 0 aromatic heterocycles. The van der Waals surface area contributed by atoms with E-state index in [-0.39, 0.29) is 36.3 Å². The van der Waals surface area contributed by atoms with Crippen LogP contribution in [0.2, 0.25) is 0 Å². The molecular weight excluding hydrogens is 331 g/mol. The molecule has 1 saturated heterocycles. The molecule has 1 fully saturated rings. The van der Waals surface area contributed by atoms with Crippen molar-refractivity contribution in [2.45, 2.75) is 37.9 Å². The molecule has 0 saturated carbocycles. The van der Waals surface area contributed by atoms with Crippen molar-refractivity contribution in [1.82, 2.24) is 5.32 Å². The molecule has 1 heterocycles. The first-order chi connectivity index (χ1) is 10.7. The molecule has 8 heteroatoms. The maximum Gasteiger partial charge on any atom is 0.416 e. The fourth-order valence-electron chi connectivity index (χ4n) is 2.50. The molecule has 0 spiro atoms. The minimum absolute atomic E-state index is 0.0611. The zero-order valence-corrected chi connectivity index (χ0v) is 13.2. The van der Waals surface area contributed by atoms with Gasteiger partial charge in [0.05, 0.1) is 17.1 Å². The fourth-order valence-corrected chi connectivity index (χ4v) is 3.99. The lowest BCUT2D eigenvalue weighted by molar-refractivity contribution is -0.137. The summed E-state index contributed by atoms with van der Waals surface area (Å²) >= 11 is 0. The lowest BCUT2D eigenvalue weighted by Gasteiger charge is -2.23. The SMILES string of the molecule is O=C(CCc1cccc(C(F)(F)F)c1)NC1CCS(=O)(=O)CC1. The molecule has 0 unspecified atom stereocenters. The first-order valence-corrected chi connectivity index (χ1v) is 9.14. The fraction of sp³-hybridized carbons (Fsp3) is 0.533. The van der Waals surface area contributed by atoms with Gasteiger partial charge in [-0.2, -0.15) is 13.2 Å². The number of amides is 1. The Morgan fingerprint density at radius 1 is 1.22 bits per heavy atom. The molecule has 0 bridgehead atoms. The van der Waals surface area contributed by atoms with Crippen molar-refractivity contribution in [2.75, 3.05) is 11.5 Å². The van der Waals surface area contributed by atoms with Gasteiger partial charge in [0.1, 0.15) is 9.84 Å². The van der Waals surface area contributed by atoms with E-state index < -0.39 is 21.6 Å². The van der Waals surface area contributed by atoms with Crippen molar-refractivity contribution in [3.8, 4) is 0 Å². The van der Waals surface area contributed by atoms with Crippen LogP contribution in [0.3, 0.4) is 0 Å². The Balaban J connectivity index is 1.83. The van der Waals surface area contributed by atoms with Crippen LogP contribution in [0.4, 0.5) is 13.2 Å². The number of nitrogens with one attached hydrogen (secondary N) is 1. The third kappa shape index (κ3) is 5.53. The number of hydrogen-bond acceptors (Lipinski definition) is 3. The first kappa shape index (κ1) is 17.8. The average Bonchev–Trinajstić information content (AvgIpc) is 2.47. The Kier molecular flexibility index (Phi) is 5.33. The average molecular weight is 349 g/mol. The summed E-state index contributed by atoms with van der Waals surface area (Å²) < 4.78 is 60.4. The van der Waals surface area contributed by atoms with Crippen molar-refractivity contribution < 1.29 is 26.4 Å². The minimum Gasteiger partial charge on any atom is -0.353 e. The van der Waals surface area contributed by atoms with Crippen LogP contribution in [-0.4, -0.2) is 31.9 Å². The summed E-state index contributed by atoms with van der Waals surface area (Å²) in [6.45, 7) is 0. The van der Waals surface area contributed by atoms with E-state index in [0.717, 1.165) is 12.1 Å². The van der Waals surface area contributed by atoms with Gasteiger partial charge in [-0.3, -0.25) is 4.79 Å². The summed E-state index contributed by atoms with van der Waals surface area (Å²) in [5.74, 6) is -0.149. The second-order valence-electron chi connectivity index (χ2n) is 5.69. The second-order valence-corrected chi connectivity index (χ2v) is 8.00.